The van der Waals surface area contributed by atoms with Crippen molar-refractivity contribution in [1.29, 1.82) is 0 Å². The lowest BCUT2D eigenvalue weighted by atomic mass is 10.1. The van der Waals surface area contributed by atoms with Crippen molar-refractivity contribution in [2.24, 2.45) is 0 Å². The molecule has 2 rings (SSSR count). The molecule has 0 fully saturated rings. The number of nitrogens with zero attached hydrogens (tertiary/aromatic N) is 2. The van der Waals surface area contributed by atoms with E-state index < -0.39 is 5.97 Å². The highest BCUT2D eigenvalue weighted by molar-refractivity contribution is 5.97. The van der Waals surface area contributed by atoms with Crippen molar-refractivity contribution in [1.82, 2.24) is 4.98 Å². The molecule has 106 valence electrons. The molecule has 4 heteroatoms. The molecule has 1 N–H and O–H groups in total. The third-order valence-electron chi connectivity index (χ3n) is 3.78. The molecule has 0 radical (unpaired) electrons. The van der Waals surface area contributed by atoms with E-state index in [-0.39, 0.29) is 5.69 Å². The van der Waals surface area contributed by atoms with E-state index in [0.717, 1.165) is 29.4 Å². The topological polar surface area (TPSA) is 53.4 Å². The van der Waals surface area contributed by atoms with Crippen molar-refractivity contribution in [2.45, 2.75) is 32.7 Å². The van der Waals surface area contributed by atoms with Gasteiger partial charge in [0.2, 0.25) is 0 Å². The highest BCUT2D eigenvalue weighted by Gasteiger charge is 2.17. The van der Waals surface area contributed by atoms with Gasteiger partial charge in [0.25, 0.3) is 0 Å². The van der Waals surface area contributed by atoms with Gasteiger partial charge in [-0.25, -0.2) is 9.78 Å². The number of pyridine rings is 1. The van der Waals surface area contributed by atoms with Gasteiger partial charge in [-0.05, 0) is 25.0 Å². The van der Waals surface area contributed by atoms with Gasteiger partial charge >= 0.3 is 5.97 Å². The van der Waals surface area contributed by atoms with E-state index >= 15 is 0 Å². The lowest BCUT2D eigenvalue weighted by Gasteiger charge is -2.29. The van der Waals surface area contributed by atoms with Crippen LogP contribution >= 0.6 is 0 Å². The number of carboxylic acids is 1. The Hall–Kier alpha value is -2.10. The smallest absolute Gasteiger partial charge is 0.354 e. The number of fused-ring (bicyclic) bond motifs is 1. The Bertz CT molecular complexity index is 621. The van der Waals surface area contributed by atoms with Gasteiger partial charge < -0.3 is 10.0 Å². The minimum absolute atomic E-state index is 0.0940. The zero-order chi connectivity index (χ0) is 14.7. The zero-order valence-corrected chi connectivity index (χ0v) is 12.1. The molecule has 1 aromatic heterocycles. The summed E-state index contributed by atoms with van der Waals surface area (Å²) in [6.45, 7) is 4.29. The van der Waals surface area contributed by atoms with Crippen LogP contribution in [0.2, 0.25) is 0 Å². The molecule has 20 heavy (non-hydrogen) atoms. The van der Waals surface area contributed by atoms with Crippen LogP contribution < -0.4 is 4.90 Å². The van der Waals surface area contributed by atoms with Crippen molar-refractivity contribution in [3.63, 3.8) is 0 Å². The molecule has 1 heterocycles. The van der Waals surface area contributed by atoms with E-state index in [1.165, 1.54) is 0 Å². The summed E-state index contributed by atoms with van der Waals surface area (Å²) in [7, 11) is 2.02. The molecule has 2 aromatic rings. The van der Waals surface area contributed by atoms with Gasteiger partial charge in [0.05, 0.1) is 5.52 Å². The van der Waals surface area contributed by atoms with Crippen molar-refractivity contribution in [2.75, 3.05) is 11.9 Å². The zero-order valence-electron chi connectivity index (χ0n) is 12.1. The monoisotopic (exact) mass is 272 g/mol. The summed E-state index contributed by atoms with van der Waals surface area (Å²) in [5.41, 5.74) is 1.75. The number of hydrogen-bond acceptors (Lipinski definition) is 3. The van der Waals surface area contributed by atoms with Crippen molar-refractivity contribution < 1.29 is 9.90 Å². The first-order valence-corrected chi connectivity index (χ1v) is 6.94. The van der Waals surface area contributed by atoms with Crippen LogP contribution in [0.4, 0.5) is 5.69 Å². The first-order chi connectivity index (χ1) is 9.58. The summed E-state index contributed by atoms with van der Waals surface area (Å²) in [5, 5.41) is 10.2. The number of benzene rings is 1. The van der Waals surface area contributed by atoms with Crippen LogP contribution in [-0.2, 0) is 0 Å². The fraction of sp³-hybridized carbons (Fsp3) is 0.375. The number of carboxylic acid groups (broad SMARTS) is 1. The Labute approximate surface area is 119 Å². The predicted molar refractivity (Wildman–Crippen MR) is 81.5 cm³/mol. The van der Waals surface area contributed by atoms with Gasteiger partial charge in [0, 0.05) is 24.2 Å². The second kappa shape index (κ2) is 5.90. The molecular formula is C16H20N2O2. The second-order valence-electron chi connectivity index (χ2n) is 4.93. The number of hydrogen-bond donors (Lipinski definition) is 1. The average molecular weight is 272 g/mol. The number of anilines is 1. The second-order valence-corrected chi connectivity index (χ2v) is 4.93. The Morgan fingerprint density at radius 2 is 1.95 bits per heavy atom. The SMILES string of the molecule is CCC(CC)N(C)c1cc(C(=O)O)nc2ccccc12. The van der Waals surface area contributed by atoms with Crippen molar-refractivity contribution in [3.05, 3.63) is 36.0 Å². The van der Waals surface area contributed by atoms with E-state index in [0.29, 0.717) is 6.04 Å². The first-order valence-electron chi connectivity index (χ1n) is 6.94. The van der Waals surface area contributed by atoms with Crippen LogP contribution in [0.3, 0.4) is 0 Å². The molecule has 0 unspecified atom stereocenters. The quantitative estimate of drug-likeness (QED) is 0.904. The maximum absolute atomic E-state index is 11.2. The van der Waals surface area contributed by atoms with Gasteiger partial charge in [-0.3, -0.25) is 0 Å². The van der Waals surface area contributed by atoms with E-state index in [2.05, 4.69) is 23.7 Å². The summed E-state index contributed by atoms with van der Waals surface area (Å²) >= 11 is 0. The van der Waals surface area contributed by atoms with E-state index in [9.17, 15) is 9.90 Å². The number of rotatable bonds is 5. The van der Waals surface area contributed by atoms with Crippen LogP contribution in [0.15, 0.2) is 30.3 Å². The van der Waals surface area contributed by atoms with Crippen LogP contribution in [0, 0.1) is 0 Å². The summed E-state index contributed by atoms with van der Waals surface area (Å²) in [5.74, 6) is -0.991. The van der Waals surface area contributed by atoms with Crippen molar-refractivity contribution in [3.8, 4) is 0 Å². The largest absolute Gasteiger partial charge is 0.477 e. The lowest BCUT2D eigenvalue weighted by Crippen LogP contribution is -2.30. The summed E-state index contributed by atoms with van der Waals surface area (Å²) in [6.07, 6.45) is 2.04. The summed E-state index contributed by atoms with van der Waals surface area (Å²) < 4.78 is 0. The Morgan fingerprint density at radius 3 is 2.55 bits per heavy atom. The van der Waals surface area contributed by atoms with Gasteiger partial charge in [-0.2, -0.15) is 0 Å². The van der Waals surface area contributed by atoms with Gasteiger partial charge in [-0.15, -0.1) is 0 Å². The average Bonchev–Trinajstić information content (AvgIpc) is 2.47. The summed E-state index contributed by atoms with van der Waals surface area (Å²) in [4.78, 5) is 17.6. The molecule has 0 spiro atoms. The maximum Gasteiger partial charge on any atom is 0.354 e. The standard InChI is InChI=1S/C16H20N2O2/c1-4-11(5-2)18(3)15-10-14(16(19)20)17-13-9-7-6-8-12(13)15/h6-11H,4-5H2,1-3H3,(H,19,20). The molecule has 0 bridgehead atoms. The van der Waals surface area contributed by atoms with E-state index in [4.69, 9.17) is 0 Å². The molecular weight excluding hydrogens is 252 g/mol. The molecule has 4 nitrogen and oxygen atoms in total. The molecule has 0 saturated carbocycles. The predicted octanol–water partition coefficient (Wildman–Crippen LogP) is 3.56. The fourth-order valence-electron chi connectivity index (χ4n) is 2.59. The Morgan fingerprint density at radius 1 is 1.30 bits per heavy atom. The normalized spacial score (nSPS) is 11.0. The maximum atomic E-state index is 11.2. The minimum Gasteiger partial charge on any atom is -0.477 e. The highest BCUT2D eigenvalue weighted by atomic mass is 16.4. The van der Waals surface area contributed by atoms with Crippen molar-refractivity contribution >= 4 is 22.6 Å². The van der Waals surface area contributed by atoms with Gasteiger partial charge in [0.15, 0.2) is 5.69 Å². The molecule has 0 aliphatic rings. The van der Waals surface area contributed by atoms with Crippen LogP contribution in [0.25, 0.3) is 10.9 Å². The Kier molecular flexibility index (Phi) is 4.23. The number of aromatic nitrogens is 1. The third kappa shape index (κ3) is 2.59. The molecule has 0 aliphatic heterocycles. The third-order valence-corrected chi connectivity index (χ3v) is 3.78. The molecule has 0 amide bonds. The molecule has 1 aromatic carbocycles. The summed E-state index contributed by atoms with van der Waals surface area (Å²) in [6, 6.07) is 9.73. The van der Waals surface area contributed by atoms with Crippen LogP contribution in [0.1, 0.15) is 37.2 Å². The number of aromatic carboxylic acids is 1. The van der Waals surface area contributed by atoms with Gasteiger partial charge in [-0.1, -0.05) is 32.0 Å². The molecule has 0 atom stereocenters. The minimum atomic E-state index is -0.991. The molecule has 0 saturated heterocycles. The van der Waals surface area contributed by atoms with Crippen LogP contribution in [-0.4, -0.2) is 29.1 Å². The fourth-order valence-corrected chi connectivity index (χ4v) is 2.59. The van der Waals surface area contributed by atoms with Crippen LogP contribution in [0.5, 0.6) is 0 Å². The highest BCUT2D eigenvalue weighted by Crippen LogP contribution is 2.28. The van der Waals surface area contributed by atoms with E-state index in [1.807, 2.05) is 31.3 Å². The van der Waals surface area contributed by atoms with Gasteiger partial charge in [0.1, 0.15) is 0 Å². The Balaban J connectivity index is 2.63. The molecule has 0 aliphatic carbocycles. The lowest BCUT2D eigenvalue weighted by molar-refractivity contribution is 0.0691. The van der Waals surface area contributed by atoms with E-state index in [1.54, 1.807) is 6.07 Å². The first kappa shape index (κ1) is 14.3. The number of carbonyl (C=O) groups is 1. The number of para-hydroxylation sites is 1.